The van der Waals surface area contributed by atoms with Crippen LogP contribution in [0.4, 0.5) is 0 Å². The molecule has 2 fully saturated rings. The Bertz CT molecular complexity index is 884. The minimum absolute atomic E-state index is 0.0845. The molecule has 0 radical (unpaired) electrons. The predicted octanol–water partition coefficient (Wildman–Crippen LogP) is 4.56. The molecule has 2 N–H and O–H groups in total. The molecule has 4 aliphatic rings. The number of thiazole rings is 1. The largest absolute Gasteiger partial charge is 0.393 e. The van der Waals surface area contributed by atoms with E-state index in [1.54, 1.807) is 6.20 Å². The van der Waals surface area contributed by atoms with Crippen molar-refractivity contribution in [3.05, 3.63) is 40.4 Å². The first-order valence-electron chi connectivity index (χ1n) is 11.7. The van der Waals surface area contributed by atoms with Crippen molar-refractivity contribution in [3.63, 3.8) is 0 Å². The molecule has 7 atom stereocenters. The first-order valence-corrected chi connectivity index (χ1v) is 12.6. The van der Waals surface area contributed by atoms with Gasteiger partial charge in [-0.05, 0) is 68.8 Å². The average Bonchev–Trinajstić information content (AvgIpc) is 3.36. The van der Waals surface area contributed by atoms with Crippen molar-refractivity contribution < 1.29 is 19.7 Å². The van der Waals surface area contributed by atoms with E-state index in [2.05, 4.69) is 31.0 Å². The van der Waals surface area contributed by atoms with Crippen LogP contribution in [0, 0.1) is 22.7 Å². The molecule has 31 heavy (non-hydrogen) atoms. The van der Waals surface area contributed by atoms with Gasteiger partial charge in [-0.2, -0.15) is 0 Å². The maximum absolute atomic E-state index is 12.0. The second-order valence-corrected chi connectivity index (χ2v) is 11.2. The summed E-state index contributed by atoms with van der Waals surface area (Å²) in [4.78, 5) is 4.52. The summed E-state index contributed by atoms with van der Waals surface area (Å²) in [6, 6.07) is 0. The van der Waals surface area contributed by atoms with Gasteiger partial charge in [-0.3, -0.25) is 0 Å². The van der Waals surface area contributed by atoms with Gasteiger partial charge in [0.05, 0.1) is 6.10 Å². The smallest absolute Gasteiger partial charge is 0.147 e. The standard InChI is InChI=1S/C25H35NO4S/c1-4-29-16-30-25-12-11-24(28,21-26-13-14-31-21)23(25,3)10-8-19-20(25)6-5-17-15-18(27)7-9-22(17,19)2/h5,11-14,18-20,27-28H,4,6-10,15-16H2,1-3H3/t18-,19-,20+,22-,23+,24-,25-/m0/s1. The van der Waals surface area contributed by atoms with Gasteiger partial charge < -0.3 is 19.7 Å². The van der Waals surface area contributed by atoms with Crippen molar-refractivity contribution in [3.8, 4) is 0 Å². The Morgan fingerprint density at radius 1 is 1.19 bits per heavy atom. The van der Waals surface area contributed by atoms with E-state index in [-0.39, 0.29) is 24.2 Å². The van der Waals surface area contributed by atoms with E-state index < -0.39 is 16.6 Å². The molecule has 5 nitrogen and oxygen atoms in total. The van der Waals surface area contributed by atoms with Crippen LogP contribution in [0.15, 0.2) is 35.4 Å². The van der Waals surface area contributed by atoms with Gasteiger partial charge in [-0.25, -0.2) is 4.98 Å². The molecule has 2 saturated carbocycles. The molecule has 0 aromatic carbocycles. The zero-order valence-electron chi connectivity index (χ0n) is 18.8. The van der Waals surface area contributed by atoms with Gasteiger partial charge in [0.1, 0.15) is 23.0 Å². The number of ether oxygens (including phenoxy) is 2. The Balaban J connectivity index is 1.59. The van der Waals surface area contributed by atoms with Crippen LogP contribution in [-0.2, 0) is 15.1 Å². The molecule has 5 rings (SSSR count). The highest BCUT2D eigenvalue weighted by molar-refractivity contribution is 7.09. The average molecular weight is 446 g/mol. The zero-order chi connectivity index (χ0) is 21.9. The number of fused-ring (bicyclic) bond motifs is 5. The highest BCUT2D eigenvalue weighted by atomic mass is 32.1. The summed E-state index contributed by atoms with van der Waals surface area (Å²) in [5.74, 6) is 0.707. The molecule has 1 aromatic heterocycles. The van der Waals surface area contributed by atoms with Crippen LogP contribution in [0.25, 0.3) is 0 Å². The number of hydrogen-bond acceptors (Lipinski definition) is 6. The molecule has 6 heteroatoms. The summed E-state index contributed by atoms with van der Waals surface area (Å²) in [6.07, 6.45) is 13.5. The van der Waals surface area contributed by atoms with Gasteiger partial charge in [0.15, 0.2) is 0 Å². The molecule has 170 valence electrons. The van der Waals surface area contributed by atoms with Crippen LogP contribution in [-0.4, -0.2) is 40.3 Å². The maximum Gasteiger partial charge on any atom is 0.147 e. The van der Waals surface area contributed by atoms with E-state index in [4.69, 9.17) is 9.47 Å². The Morgan fingerprint density at radius 3 is 2.77 bits per heavy atom. The fourth-order valence-corrected chi connectivity index (χ4v) is 8.20. The fraction of sp³-hybridized carbons (Fsp3) is 0.720. The number of aliphatic hydroxyl groups excluding tert-OH is 1. The summed E-state index contributed by atoms with van der Waals surface area (Å²) in [5.41, 5.74) is -0.778. The maximum atomic E-state index is 12.0. The summed E-state index contributed by atoms with van der Waals surface area (Å²) in [7, 11) is 0. The lowest BCUT2D eigenvalue weighted by molar-refractivity contribution is -0.255. The van der Waals surface area contributed by atoms with Crippen LogP contribution in [0.3, 0.4) is 0 Å². The summed E-state index contributed by atoms with van der Waals surface area (Å²) < 4.78 is 12.3. The molecule has 0 saturated heterocycles. The number of aromatic nitrogens is 1. The van der Waals surface area contributed by atoms with Gasteiger partial charge in [-0.15, -0.1) is 11.3 Å². The van der Waals surface area contributed by atoms with Crippen LogP contribution in [0.5, 0.6) is 0 Å². The Labute approximate surface area is 189 Å². The van der Waals surface area contributed by atoms with Crippen molar-refractivity contribution in [1.82, 2.24) is 4.98 Å². The van der Waals surface area contributed by atoms with Gasteiger partial charge >= 0.3 is 0 Å². The van der Waals surface area contributed by atoms with Crippen LogP contribution < -0.4 is 0 Å². The minimum atomic E-state index is -1.15. The third-order valence-corrected chi connectivity index (χ3v) is 10.1. The number of nitrogens with zero attached hydrogens (tertiary/aromatic N) is 1. The fourth-order valence-electron chi connectivity index (χ4n) is 7.36. The molecular formula is C25H35NO4S. The lowest BCUT2D eigenvalue weighted by Gasteiger charge is -2.63. The Kier molecular flexibility index (Phi) is 5.26. The van der Waals surface area contributed by atoms with Gasteiger partial charge in [0.25, 0.3) is 0 Å². The lowest BCUT2D eigenvalue weighted by atomic mass is 9.45. The van der Waals surface area contributed by atoms with Gasteiger partial charge in [-0.1, -0.05) is 31.6 Å². The molecule has 0 unspecified atom stereocenters. The summed E-state index contributed by atoms with van der Waals surface area (Å²) in [6.45, 7) is 7.37. The molecule has 1 aromatic rings. The van der Waals surface area contributed by atoms with Gasteiger partial charge in [0, 0.05) is 23.6 Å². The molecule has 0 amide bonds. The van der Waals surface area contributed by atoms with Crippen molar-refractivity contribution >= 4 is 11.3 Å². The summed E-state index contributed by atoms with van der Waals surface area (Å²) in [5, 5.41) is 25.0. The number of allylic oxidation sites excluding steroid dienone is 1. The molecule has 4 aliphatic carbocycles. The molecule has 0 spiro atoms. The van der Waals surface area contributed by atoms with E-state index in [9.17, 15) is 10.2 Å². The SMILES string of the molecule is CCOCO[C@]12C=C[C@](O)(c3nccs3)[C@@]1(C)CC[C@H]1[C@H]2CC=C2C[C@@H](O)CC[C@@]21C. The van der Waals surface area contributed by atoms with Gasteiger partial charge in [0.2, 0.25) is 0 Å². The second kappa shape index (κ2) is 7.49. The van der Waals surface area contributed by atoms with Crippen LogP contribution in [0.1, 0.15) is 64.3 Å². The van der Waals surface area contributed by atoms with E-state index in [1.165, 1.54) is 16.9 Å². The normalized spacial score (nSPS) is 46.2. The van der Waals surface area contributed by atoms with Crippen molar-refractivity contribution in [2.45, 2.75) is 76.6 Å². The van der Waals surface area contributed by atoms with E-state index in [0.29, 0.717) is 12.5 Å². The second-order valence-electron chi connectivity index (χ2n) is 10.3. The van der Waals surface area contributed by atoms with Crippen molar-refractivity contribution in [1.29, 1.82) is 0 Å². The number of hydrogen-bond donors (Lipinski definition) is 2. The first-order chi connectivity index (χ1) is 14.8. The topological polar surface area (TPSA) is 71.8 Å². The third-order valence-electron chi connectivity index (χ3n) is 9.23. The molecule has 0 aliphatic heterocycles. The Hall–Kier alpha value is -1.05. The number of rotatable bonds is 5. The molecule has 1 heterocycles. The van der Waals surface area contributed by atoms with E-state index in [0.717, 1.165) is 43.5 Å². The highest BCUT2D eigenvalue weighted by Gasteiger charge is 2.71. The van der Waals surface area contributed by atoms with Crippen LogP contribution in [0.2, 0.25) is 0 Å². The lowest BCUT2D eigenvalue weighted by Crippen LogP contribution is -2.65. The first kappa shape index (κ1) is 21.8. The molecule has 0 bridgehead atoms. The van der Waals surface area contributed by atoms with Crippen molar-refractivity contribution in [2.75, 3.05) is 13.4 Å². The quantitative estimate of drug-likeness (QED) is 0.395. The monoisotopic (exact) mass is 445 g/mol. The van der Waals surface area contributed by atoms with Crippen LogP contribution >= 0.6 is 11.3 Å². The predicted molar refractivity (Wildman–Crippen MR) is 120 cm³/mol. The molecular weight excluding hydrogens is 410 g/mol. The highest BCUT2D eigenvalue weighted by Crippen LogP contribution is 2.69. The zero-order valence-corrected chi connectivity index (χ0v) is 19.7. The van der Waals surface area contributed by atoms with Crippen molar-refractivity contribution in [2.24, 2.45) is 22.7 Å². The Morgan fingerprint density at radius 2 is 2.03 bits per heavy atom. The summed E-state index contributed by atoms with van der Waals surface area (Å²) >= 11 is 1.51. The minimum Gasteiger partial charge on any atom is -0.393 e. The van der Waals surface area contributed by atoms with E-state index >= 15 is 0 Å². The number of aliphatic hydroxyl groups is 2. The third kappa shape index (κ3) is 2.85. The van der Waals surface area contributed by atoms with E-state index in [1.807, 2.05) is 18.4 Å².